The minimum atomic E-state index is -0.243. The van der Waals surface area contributed by atoms with Crippen LogP contribution in [-0.4, -0.2) is 29.9 Å². The van der Waals surface area contributed by atoms with Gasteiger partial charge in [0, 0.05) is 51.9 Å². The van der Waals surface area contributed by atoms with Crippen molar-refractivity contribution in [2.75, 3.05) is 22.7 Å². The van der Waals surface area contributed by atoms with E-state index in [2.05, 4.69) is 39.0 Å². The van der Waals surface area contributed by atoms with Crippen LogP contribution in [0, 0.1) is 0 Å². The molecule has 5 rings (SSSR count). The van der Waals surface area contributed by atoms with Crippen molar-refractivity contribution in [1.29, 1.82) is 0 Å². The second kappa shape index (κ2) is 12.5. The molecule has 1 aliphatic heterocycles. The van der Waals surface area contributed by atoms with Crippen LogP contribution in [-0.2, 0) is 0 Å². The van der Waals surface area contributed by atoms with Crippen LogP contribution in [0.2, 0.25) is 5.02 Å². The van der Waals surface area contributed by atoms with Crippen molar-refractivity contribution in [3.8, 4) is 11.3 Å². The van der Waals surface area contributed by atoms with E-state index in [1.807, 2.05) is 47.8 Å². The van der Waals surface area contributed by atoms with E-state index in [0.29, 0.717) is 16.3 Å². The van der Waals surface area contributed by atoms with Crippen LogP contribution in [0.15, 0.2) is 66.2 Å². The number of benzene rings is 2. The van der Waals surface area contributed by atoms with Gasteiger partial charge < -0.3 is 9.62 Å². The Kier molecular flexibility index (Phi) is 9.15. The Labute approximate surface area is 224 Å². The largest absolute Gasteiger partial charge is 0.322 e. The Balaban J connectivity index is 0.000000709. The average molecular weight is 539 g/mol. The first-order valence-electron chi connectivity index (χ1n) is 12.1. The van der Waals surface area contributed by atoms with Crippen molar-refractivity contribution in [3.05, 3.63) is 76.8 Å². The van der Waals surface area contributed by atoms with Crippen LogP contribution >= 0.6 is 33.8 Å². The number of amides is 1. The molecule has 1 atom stereocenters. The lowest BCUT2D eigenvalue weighted by Crippen LogP contribution is -2.32. The molecule has 2 aromatic heterocycles. The minimum Gasteiger partial charge on any atom is -0.322 e. The van der Waals surface area contributed by atoms with E-state index in [4.69, 9.17) is 11.6 Å². The fraction of sp³-hybridized carbons (Fsp3) is 0.250. The number of anilines is 2. The summed E-state index contributed by atoms with van der Waals surface area (Å²) in [5.41, 5.74) is 3.94. The summed E-state index contributed by atoms with van der Waals surface area (Å²) in [5, 5.41) is 6.67. The van der Waals surface area contributed by atoms with Gasteiger partial charge >= 0.3 is 0 Å². The van der Waals surface area contributed by atoms with Gasteiger partial charge in [0.25, 0.3) is 5.91 Å². The van der Waals surface area contributed by atoms with E-state index in [9.17, 15) is 4.79 Å². The smallest absolute Gasteiger partial charge is 0.255 e. The number of carbonyl (C=O) groups excluding carboxylic acids is 1. The lowest BCUT2D eigenvalue weighted by atomic mass is 10.1. The van der Waals surface area contributed by atoms with Gasteiger partial charge in [0.05, 0.1) is 10.7 Å². The zero-order chi connectivity index (χ0) is 25.5. The first kappa shape index (κ1) is 26.4. The normalized spacial score (nSPS) is 15.3. The first-order valence-corrected chi connectivity index (χ1v) is 14.7. The van der Waals surface area contributed by atoms with E-state index in [1.165, 1.54) is 12.8 Å². The SMILES string of the molecule is C=S1NCCCN1c1ccc(C(=O)Nc2ccc(Cl)c(-c3nccc4sccc34)c2)cc1.CCCC. The van der Waals surface area contributed by atoms with Crippen molar-refractivity contribution < 1.29 is 4.79 Å². The van der Waals surface area contributed by atoms with Gasteiger partial charge in [-0.15, -0.1) is 11.3 Å². The van der Waals surface area contributed by atoms with Crippen LogP contribution in [0.4, 0.5) is 11.4 Å². The summed E-state index contributed by atoms with van der Waals surface area (Å²) in [6.07, 6.45) is 5.50. The molecule has 4 aromatic rings. The van der Waals surface area contributed by atoms with E-state index < -0.39 is 0 Å². The molecule has 5 nitrogen and oxygen atoms in total. The highest BCUT2D eigenvalue weighted by Crippen LogP contribution is 2.35. The van der Waals surface area contributed by atoms with E-state index in [0.717, 1.165) is 46.5 Å². The molecule has 1 saturated heterocycles. The second-order valence-electron chi connectivity index (χ2n) is 8.40. The summed E-state index contributed by atoms with van der Waals surface area (Å²) >= 11 is 8.15. The van der Waals surface area contributed by atoms with Crippen molar-refractivity contribution in [3.63, 3.8) is 0 Å². The molecule has 1 unspecified atom stereocenters. The molecule has 0 spiro atoms. The number of rotatable bonds is 5. The highest BCUT2D eigenvalue weighted by Gasteiger charge is 2.15. The molecule has 0 aliphatic carbocycles. The number of hydrogen-bond donors (Lipinski definition) is 2. The first-order chi connectivity index (χ1) is 17.5. The lowest BCUT2D eigenvalue weighted by molar-refractivity contribution is 0.102. The fourth-order valence-electron chi connectivity index (χ4n) is 3.73. The summed E-state index contributed by atoms with van der Waals surface area (Å²) in [6, 6.07) is 17.2. The number of pyridine rings is 1. The summed E-state index contributed by atoms with van der Waals surface area (Å²) in [6.45, 7) is 6.31. The van der Waals surface area contributed by atoms with E-state index in [-0.39, 0.29) is 16.8 Å². The predicted octanol–water partition coefficient (Wildman–Crippen LogP) is 8.01. The molecule has 2 aromatic carbocycles. The Morgan fingerprint density at radius 1 is 1.17 bits per heavy atom. The number of nitrogens with one attached hydrogen (secondary N) is 2. The number of fused-ring (bicyclic) bond motifs is 1. The third kappa shape index (κ3) is 6.16. The molecular weight excluding hydrogens is 508 g/mol. The molecule has 188 valence electrons. The molecule has 36 heavy (non-hydrogen) atoms. The number of thiophene rings is 1. The van der Waals surface area contributed by atoms with Crippen LogP contribution in [0.5, 0.6) is 0 Å². The minimum absolute atomic E-state index is 0.170. The van der Waals surface area contributed by atoms with Crippen LogP contribution < -0.4 is 14.3 Å². The summed E-state index contributed by atoms with van der Waals surface area (Å²) in [4.78, 5) is 17.4. The van der Waals surface area contributed by atoms with E-state index in [1.54, 1.807) is 29.7 Å². The molecule has 0 saturated carbocycles. The van der Waals surface area contributed by atoms with Gasteiger partial charge in [-0.1, -0.05) is 38.3 Å². The maximum absolute atomic E-state index is 12.9. The predicted molar refractivity (Wildman–Crippen MR) is 160 cm³/mol. The highest BCUT2D eigenvalue weighted by atomic mass is 35.5. The van der Waals surface area contributed by atoms with Crippen molar-refractivity contribution in [1.82, 2.24) is 9.71 Å². The third-order valence-electron chi connectivity index (χ3n) is 5.85. The second-order valence-corrected chi connectivity index (χ2v) is 11.2. The molecular formula is C28H31ClN4OS2. The maximum Gasteiger partial charge on any atom is 0.255 e. The molecule has 0 bridgehead atoms. The van der Waals surface area contributed by atoms with Gasteiger partial charge in [0.2, 0.25) is 0 Å². The number of halogens is 1. The summed E-state index contributed by atoms with van der Waals surface area (Å²) in [5.74, 6) is 4.00. The molecule has 1 aliphatic rings. The van der Waals surface area contributed by atoms with Gasteiger partial charge in [-0.25, -0.2) is 0 Å². The number of aromatic nitrogens is 1. The van der Waals surface area contributed by atoms with Gasteiger partial charge in [0.1, 0.15) is 0 Å². The van der Waals surface area contributed by atoms with Gasteiger partial charge in [0.15, 0.2) is 0 Å². The summed E-state index contributed by atoms with van der Waals surface area (Å²) in [7, 11) is -0.243. The quantitative estimate of drug-likeness (QED) is 0.253. The van der Waals surface area contributed by atoms with Gasteiger partial charge in [-0.05, 0) is 83.1 Å². The van der Waals surface area contributed by atoms with Gasteiger partial charge in [-0.2, -0.15) is 0 Å². The standard InChI is InChI=1S/C24H21ClN4OS2.C4H10/c1-32-27-11-2-13-29(32)18-6-3-16(4-7-18)24(30)28-17-5-8-21(25)20(15-17)23-19-10-14-31-22(19)9-12-26-23;1-3-4-2/h3-10,12,14-15,27H,1-2,11,13H2,(H,28,30);3-4H2,1-2H3. The zero-order valence-corrected chi connectivity index (χ0v) is 23.0. The number of carbonyl (C=O) groups is 1. The Hall–Kier alpha value is -2.71. The molecule has 0 radical (unpaired) electrons. The molecule has 2 N–H and O–H groups in total. The van der Waals surface area contributed by atoms with Gasteiger partial charge in [-0.3, -0.25) is 14.5 Å². The van der Waals surface area contributed by atoms with E-state index >= 15 is 0 Å². The molecule has 1 fully saturated rings. The summed E-state index contributed by atoms with van der Waals surface area (Å²) < 4.78 is 6.76. The lowest BCUT2D eigenvalue weighted by Gasteiger charge is -2.32. The zero-order valence-electron chi connectivity index (χ0n) is 20.6. The molecule has 3 heterocycles. The number of nitrogens with zero attached hydrogens (tertiary/aromatic N) is 2. The number of unbranched alkanes of at least 4 members (excludes halogenated alkanes) is 1. The van der Waals surface area contributed by atoms with Crippen LogP contribution in [0.25, 0.3) is 21.3 Å². The van der Waals surface area contributed by atoms with Crippen molar-refractivity contribution in [2.24, 2.45) is 0 Å². The third-order valence-corrected chi connectivity index (χ3v) is 8.52. The van der Waals surface area contributed by atoms with Crippen LogP contribution in [0.3, 0.4) is 0 Å². The van der Waals surface area contributed by atoms with Crippen LogP contribution in [0.1, 0.15) is 43.5 Å². The maximum atomic E-state index is 12.9. The Morgan fingerprint density at radius 2 is 1.94 bits per heavy atom. The molecule has 8 heteroatoms. The van der Waals surface area contributed by atoms with Crippen molar-refractivity contribution >= 4 is 67.0 Å². The fourth-order valence-corrected chi connectivity index (χ4v) is 5.98. The molecule has 1 amide bonds. The van der Waals surface area contributed by atoms with Crippen molar-refractivity contribution in [2.45, 2.75) is 33.1 Å². The highest BCUT2D eigenvalue weighted by molar-refractivity contribution is 8.13. The monoisotopic (exact) mass is 538 g/mol. The topological polar surface area (TPSA) is 57.3 Å². The average Bonchev–Trinajstić information content (AvgIpc) is 3.40. The Bertz CT molecular complexity index is 1350. The Morgan fingerprint density at radius 3 is 2.67 bits per heavy atom. The number of hydrogen-bond acceptors (Lipinski definition) is 5.